The predicted octanol–water partition coefficient (Wildman–Crippen LogP) is 3.58. The number of aromatic nitrogens is 2. The molecule has 1 atom stereocenters. The molecule has 0 aliphatic carbocycles. The van der Waals surface area contributed by atoms with E-state index in [0.29, 0.717) is 12.1 Å². The maximum atomic E-state index is 11.9. The molecule has 0 saturated heterocycles. The number of carbonyl (C=O) groups excluding carboxylic acids is 1. The van der Waals surface area contributed by atoms with E-state index >= 15 is 0 Å². The van der Waals surface area contributed by atoms with Crippen LogP contribution in [0.1, 0.15) is 40.7 Å². The summed E-state index contributed by atoms with van der Waals surface area (Å²) < 4.78 is 5.52. The van der Waals surface area contributed by atoms with Gasteiger partial charge in [-0.15, -0.1) is 0 Å². The lowest BCUT2D eigenvalue weighted by atomic mass is 9.95. The molecule has 2 aromatic carbocycles. The van der Waals surface area contributed by atoms with Gasteiger partial charge >= 0.3 is 0 Å². The van der Waals surface area contributed by atoms with E-state index in [0.717, 1.165) is 46.9 Å². The molecule has 0 aliphatic rings. The molecule has 3 rings (SSSR count). The van der Waals surface area contributed by atoms with Gasteiger partial charge in [0, 0.05) is 37.3 Å². The molecule has 31 heavy (non-hydrogen) atoms. The van der Waals surface area contributed by atoms with Gasteiger partial charge in [-0.2, -0.15) is 0 Å². The molecule has 7 heteroatoms. The van der Waals surface area contributed by atoms with Gasteiger partial charge in [-0.05, 0) is 35.6 Å². The highest BCUT2D eigenvalue weighted by molar-refractivity contribution is 5.94. The van der Waals surface area contributed by atoms with Crippen molar-refractivity contribution in [3.05, 3.63) is 71.5 Å². The van der Waals surface area contributed by atoms with E-state index in [2.05, 4.69) is 27.5 Å². The monoisotopic (exact) mass is 419 g/mol. The van der Waals surface area contributed by atoms with Crippen LogP contribution in [-0.4, -0.2) is 36.6 Å². The Morgan fingerprint density at radius 2 is 1.90 bits per heavy atom. The maximum absolute atomic E-state index is 11.9. The van der Waals surface area contributed by atoms with Crippen LogP contribution in [0, 0.1) is 0 Å². The molecule has 1 aromatic heterocycles. The third-order valence-electron chi connectivity index (χ3n) is 5.29. The first-order valence-corrected chi connectivity index (χ1v) is 10.3. The Kier molecular flexibility index (Phi) is 7.56. The Labute approximate surface area is 183 Å². The van der Waals surface area contributed by atoms with Gasteiger partial charge in [0.1, 0.15) is 17.9 Å². The molecule has 0 saturated carbocycles. The number of nitrogens with one attached hydrogen (secondary N) is 2. The lowest BCUT2D eigenvalue weighted by Gasteiger charge is -2.17. The SMILES string of the molecule is CNC(=O)c1ccc(C(C)CCNc2cc(-c3ccc(CN)cc3)ncn2)c(OC)c1. The number of amides is 1. The molecule has 1 amide bonds. The molecule has 162 valence electrons. The quantitative estimate of drug-likeness (QED) is 0.490. The first-order valence-electron chi connectivity index (χ1n) is 10.3. The fourth-order valence-corrected chi connectivity index (χ4v) is 3.40. The summed E-state index contributed by atoms with van der Waals surface area (Å²) in [4.78, 5) is 20.6. The van der Waals surface area contributed by atoms with Crippen LogP contribution in [0.2, 0.25) is 0 Å². The Bertz CT molecular complexity index is 1020. The molecule has 3 aromatic rings. The van der Waals surface area contributed by atoms with Gasteiger partial charge in [-0.3, -0.25) is 4.79 Å². The Morgan fingerprint density at radius 3 is 2.58 bits per heavy atom. The topological polar surface area (TPSA) is 102 Å². The third-order valence-corrected chi connectivity index (χ3v) is 5.29. The van der Waals surface area contributed by atoms with Crippen LogP contribution < -0.4 is 21.1 Å². The number of ether oxygens (including phenoxy) is 1. The minimum absolute atomic E-state index is 0.128. The van der Waals surface area contributed by atoms with Gasteiger partial charge in [0.05, 0.1) is 12.8 Å². The van der Waals surface area contributed by atoms with Crippen molar-refractivity contribution in [3.8, 4) is 17.0 Å². The van der Waals surface area contributed by atoms with E-state index in [1.807, 2.05) is 42.5 Å². The van der Waals surface area contributed by atoms with Gasteiger partial charge in [0.2, 0.25) is 0 Å². The fraction of sp³-hybridized carbons (Fsp3) is 0.292. The van der Waals surface area contributed by atoms with E-state index in [4.69, 9.17) is 10.5 Å². The molecular weight excluding hydrogens is 390 g/mol. The molecule has 1 heterocycles. The van der Waals surface area contributed by atoms with Gasteiger partial charge in [-0.1, -0.05) is 37.3 Å². The number of methoxy groups -OCH3 is 1. The second-order valence-electron chi connectivity index (χ2n) is 7.34. The predicted molar refractivity (Wildman–Crippen MR) is 123 cm³/mol. The molecule has 4 N–H and O–H groups in total. The second-order valence-corrected chi connectivity index (χ2v) is 7.34. The third kappa shape index (κ3) is 5.58. The van der Waals surface area contributed by atoms with Crippen molar-refractivity contribution in [1.29, 1.82) is 0 Å². The molecule has 0 bridgehead atoms. The minimum atomic E-state index is -0.128. The van der Waals surface area contributed by atoms with Crippen molar-refractivity contribution < 1.29 is 9.53 Å². The van der Waals surface area contributed by atoms with Crippen molar-refractivity contribution in [2.75, 3.05) is 26.0 Å². The lowest BCUT2D eigenvalue weighted by molar-refractivity contribution is 0.0962. The standard InChI is InChI=1S/C24H29N5O2/c1-16(20-9-8-19(24(30)26-2)12-22(20)31-3)10-11-27-23-13-21(28-15-29-23)18-6-4-17(14-25)5-7-18/h4-9,12-13,15-16H,10-11,14,25H2,1-3H3,(H,26,30)(H,27,28,29). The van der Waals surface area contributed by atoms with Crippen molar-refractivity contribution in [1.82, 2.24) is 15.3 Å². The van der Waals surface area contributed by atoms with Crippen molar-refractivity contribution in [2.24, 2.45) is 5.73 Å². The largest absolute Gasteiger partial charge is 0.496 e. The zero-order valence-corrected chi connectivity index (χ0v) is 18.2. The van der Waals surface area contributed by atoms with E-state index in [1.165, 1.54) is 0 Å². The van der Waals surface area contributed by atoms with Crippen molar-refractivity contribution in [3.63, 3.8) is 0 Å². The zero-order valence-electron chi connectivity index (χ0n) is 18.2. The highest BCUT2D eigenvalue weighted by Crippen LogP contribution is 2.30. The number of nitrogens with zero attached hydrogens (tertiary/aromatic N) is 2. The van der Waals surface area contributed by atoms with Crippen LogP contribution in [0.4, 0.5) is 5.82 Å². The summed E-state index contributed by atoms with van der Waals surface area (Å²) in [7, 11) is 3.24. The van der Waals surface area contributed by atoms with Crippen LogP contribution in [0.3, 0.4) is 0 Å². The first kappa shape index (κ1) is 22.2. The van der Waals surface area contributed by atoms with Gasteiger partial charge in [0.15, 0.2) is 0 Å². The summed E-state index contributed by atoms with van der Waals surface area (Å²) in [5.41, 5.74) is 10.3. The number of hydrogen-bond donors (Lipinski definition) is 3. The lowest BCUT2D eigenvalue weighted by Crippen LogP contribution is -2.18. The van der Waals surface area contributed by atoms with Crippen LogP contribution in [0.5, 0.6) is 5.75 Å². The van der Waals surface area contributed by atoms with E-state index in [-0.39, 0.29) is 11.8 Å². The maximum Gasteiger partial charge on any atom is 0.251 e. The highest BCUT2D eigenvalue weighted by atomic mass is 16.5. The highest BCUT2D eigenvalue weighted by Gasteiger charge is 2.14. The molecule has 7 nitrogen and oxygen atoms in total. The Hall–Kier alpha value is -3.45. The molecular formula is C24H29N5O2. The number of carbonyl (C=O) groups is 1. The number of rotatable bonds is 9. The minimum Gasteiger partial charge on any atom is -0.496 e. The number of benzene rings is 2. The molecule has 0 aliphatic heterocycles. The average Bonchev–Trinajstić information content (AvgIpc) is 2.83. The Morgan fingerprint density at radius 1 is 1.13 bits per heavy atom. The van der Waals surface area contributed by atoms with Crippen molar-refractivity contribution in [2.45, 2.75) is 25.8 Å². The summed E-state index contributed by atoms with van der Waals surface area (Å²) in [6, 6.07) is 15.6. The van der Waals surface area contributed by atoms with E-state index < -0.39 is 0 Å². The summed E-state index contributed by atoms with van der Waals surface area (Å²) in [5, 5.41) is 6.01. The molecule has 0 radical (unpaired) electrons. The summed E-state index contributed by atoms with van der Waals surface area (Å²) in [6.07, 6.45) is 2.44. The molecule has 1 unspecified atom stereocenters. The van der Waals surface area contributed by atoms with Gasteiger partial charge in [0.25, 0.3) is 5.91 Å². The Balaban J connectivity index is 1.63. The molecule has 0 spiro atoms. The summed E-state index contributed by atoms with van der Waals surface area (Å²) >= 11 is 0. The first-order chi connectivity index (χ1) is 15.0. The van der Waals surface area contributed by atoms with Crippen LogP contribution in [0.25, 0.3) is 11.3 Å². The van der Waals surface area contributed by atoms with E-state index in [1.54, 1.807) is 26.6 Å². The summed E-state index contributed by atoms with van der Waals surface area (Å²) in [5.74, 6) is 1.61. The summed E-state index contributed by atoms with van der Waals surface area (Å²) in [6.45, 7) is 3.40. The van der Waals surface area contributed by atoms with Crippen molar-refractivity contribution >= 4 is 11.7 Å². The van der Waals surface area contributed by atoms with Crippen LogP contribution in [-0.2, 0) is 6.54 Å². The number of anilines is 1. The smallest absolute Gasteiger partial charge is 0.251 e. The average molecular weight is 420 g/mol. The fourth-order valence-electron chi connectivity index (χ4n) is 3.40. The number of hydrogen-bond acceptors (Lipinski definition) is 6. The van der Waals surface area contributed by atoms with Gasteiger partial charge in [-0.25, -0.2) is 9.97 Å². The normalized spacial score (nSPS) is 11.6. The number of nitrogens with two attached hydrogens (primary N) is 1. The van der Waals surface area contributed by atoms with Gasteiger partial charge < -0.3 is 21.1 Å². The second kappa shape index (κ2) is 10.5. The molecule has 0 fully saturated rings. The van der Waals surface area contributed by atoms with E-state index in [9.17, 15) is 4.79 Å². The van der Waals surface area contributed by atoms with Crippen LogP contribution in [0.15, 0.2) is 54.9 Å². The zero-order chi connectivity index (χ0) is 22.2. The van der Waals surface area contributed by atoms with Crippen LogP contribution >= 0.6 is 0 Å².